The summed E-state index contributed by atoms with van der Waals surface area (Å²) in [6.45, 7) is 7.79. The zero-order valence-electron chi connectivity index (χ0n) is 17.7. The Morgan fingerprint density at radius 2 is 1.86 bits per heavy atom. The quantitative estimate of drug-likeness (QED) is 0.576. The van der Waals surface area contributed by atoms with E-state index in [1.807, 2.05) is 18.2 Å². The molecule has 0 saturated carbocycles. The van der Waals surface area contributed by atoms with Crippen LogP contribution in [0.15, 0.2) is 53.5 Å². The molecule has 3 rings (SSSR count). The standard InChI is InChI=1S/C23H32N4O2/c1-4-24-23(26(2)18-20-7-5-6-8-22(20)28-3)25-17-19-9-11-21(12-10-19)27-13-15-29-16-14-27/h5-12H,4,13-18H2,1-3H3,(H,24,25). The zero-order valence-corrected chi connectivity index (χ0v) is 17.7. The van der Waals surface area contributed by atoms with Gasteiger partial charge in [0.1, 0.15) is 5.75 Å². The van der Waals surface area contributed by atoms with Gasteiger partial charge in [-0.3, -0.25) is 0 Å². The topological polar surface area (TPSA) is 49.3 Å². The van der Waals surface area contributed by atoms with Gasteiger partial charge in [0.15, 0.2) is 5.96 Å². The average Bonchev–Trinajstić information content (AvgIpc) is 2.78. The fourth-order valence-corrected chi connectivity index (χ4v) is 3.43. The van der Waals surface area contributed by atoms with Gasteiger partial charge in [0, 0.05) is 44.5 Å². The van der Waals surface area contributed by atoms with E-state index in [0.29, 0.717) is 6.54 Å². The van der Waals surface area contributed by atoms with Crippen LogP contribution in [0.3, 0.4) is 0 Å². The molecule has 1 aliphatic rings. The second kappa shape index (κ2) is 10.7. The largest absolute Gasteiger partial charge is 0.496 e. The molecule has 29 heavy (non-hydrogen) atoms. The van der Waals surface area contributed by atoms with Crippen molar-refractivity contribution < 1.29 is 9.47 Å². The molecule has 0 aliphatic carbocycles. The highest BCUT2D eigenvalue weighted by Crippen LogP contribution is 2.19. The van der Waals surface area contributed by atoms with E-state index in [0.717, 1.165) is 56.7 Å². The van der Waals surface area contributed by atoms with E-state index < -0.39 is 0 Å². The summed E-state index contributed by atoms with van der Waals surface area (Å²) in [5.74, 6) is 1.78. The number of rotatable bonds is 7. The minimum absolute atomic E-state index is 0.641. The highest BCUT2D eigenvalue weighted by atomic mass is 16.5. The number of benzene rings is 2. The van der Waals surface area contributed by atoms with Gasteiger partial charge in [0.05, 0.1) is 26.9 Å². The molecule has 0 atom stereocenters. The lowest BCUT2D eigenvalue weighted by atomic mass is 10.2. The first-order valence-electron chi connectivity index (χ1n) is 10.2. The van der Waals surface area contributed by atoms with Crippen molar-refractivity contribution in [2.24, 2.45) is 4.99 Å². The number of aliphatic imine (C=N–C) groups is 1. The molecule has 0 aromatic heterocycles. The molecule has 1 N–H and O–H groups in total. The Morgan fingerprint density at radius 1 is 1.14 bits per heavy atom. The van der Waals surface area contributed by atoms with Crippen molar-refractivity contribution in [2.75, 3.05) is 51.9 Å². The molecule has 6 nitrogen and oxygen atoms in total. The molecule has 2 aromatic rings. The third kappa shape index (κ3) is 5.87. The van der Waals surface area contributed by atoms with E-state index in [2.05, 4.69) is 59.4 Å². The van der Waals surface area contributed by atoms with Crippen molar-refractivity contribution in [2.45, 2.75) is 20.0 Å². The first-order chi connectivity index (χ1) is 14.2. The summed E-state index contributed by atoms with van der Waals surface area (Å²) >= 11 is 0. The van der Waals surface area contributed by atoms with E-state index in [9.17, 15) is 0 Å². The fraction of sp³-hybridized carbons (Fsp3) is 0.435. The number of anilines is 1. The molecule has 0 bridgehead atoms. The van der Waals surface area contributed by atoms with Crippen molar-refractivity contribution in [1.29, 1.82) is 0 Å². The predicted octanol–water partition coefficient (Wildman–Crippen LogP) is 3.13. The second-order valence-electron chi connectivity index (χ2n) is 7.10. The van der Waals surface area contributed by atoms with Crippen LogP contribution in [-0.2, 0) is 17.8 Å². The molecular formula is C23H32N4O2. The van der Waals surface area contributed by atoms with Gasteiger partial charge in [-0.1, -0.05) is 30.3 Å². The van der Waals surface area contributed by atoms with Crippen LogP contribution in [0.25, 0.3) is 0 Å². The van der Waals surface area contributed by atoms with Crippen LogP contribution in [0, 0.1) is 0 Å². The first kappa shape index (κ1) is 21.0. The van der Waals surface area contributed by atoms with Crippen LogP contribution in [0.1, 0.15) is 18.1 Å². The Kier molecular flexibility index (Phi) is 7.76. The molecule has 0 amide bonds. The maximum atomic E-state index is 5.48. The van der Waals surface area contributed by atoms with Crippen molar-refractivity contribution >= 4 is 11.6 Å². The van der Waals surface area contributed by atoms with E-state index >= 15 is 0 Å². The molecular weight excluding hydrogens is 364 g/mol. The number of nitrogens with zero attached hydrogens (tertiary/aromatic N) is 3. The Hall–Kier alpha value is -2.73. The monoisotopic (exact) mass is 396 g/mol. The molecule has 2 aromatic carbocycles. The van der Waals surface area contributed by atoms with Crippen molar-refractivity contribution in [1.82, 2.24) is 10.2 Å². The lowest BCUT2D eigenvalue weighted by molar-refractivity contribution is 0.122. The minimum atomic E-state index is 0.641. The summed E-state index contributed by atoms with van der Waals surface area (Å²) in [5, 5.41) is 3.39. The number of para-hydroxylation sites is 1. The molecule has 0 radical (unpaired) electrons. The van der Waals surface area contributed by atoms with Gasteiger partial charge in [0.2, 0.25) is 0 Å². The van der Waals surface area contributed by atoms with E-state index in [-0.39, 0.29) is 0 Å². The van der Waals surface area contributed by atoms with Crippen molar-refractivity contribution in [3.05, 3.63) is 59.7 Å². The SMILES string of the molecule is CCNC(=NCc1ccc(N2CCOCC2)cc1)N(C)Cc1ccccc1OC. The van der Waals surface area contributed by atoms with E-state index in [1.54, 1.807) is 7.11 Å². The van der Waals surface area contributed by atoms with Crippen LogP contribution in [0.2, 0.25) is 0 Å². The molecule has 1 saturated heterocycles. The normalized spacial score (nSPS) is 14.6. The average molecular weight is 397 g/mol. The Bertz CT molecular complexity index is 786. The maximum Gasteiger partial charge on any atom is 0.194 e. The van der Waals surface area contributed by atoms with Crippen LogP contribution in [0.5, 0.6) is 5.75 Å². The number of hydrogen-bond acceptors (Lipinski definition) is 4. The van der Waals surface area contributed by atoms with Gasteiger partial charge in [-0.25, -0.2) is 4.99 Å². The highest BCUT2D eigenvalue weighted by Gasteiger charge is 2.12. The van der Waals surface area contributed by atoms with E-state index in [4.69, 9.17) is 14.5 Å². The molecule has 0 unspecified atom stereocenters. The molecule has 1 fully saturated rings. The lowest BCUT2D eigenvalue weighted by Crippen LogP contribution is -2.38. The summed E-state index contributed by atoms with van der Waals surface area (Å²) in [5.41, 5.74) is 3.59. The number of methoxy groups -OCH3 is 1. The van der Waals surface area contributed by atoms with Gasteiger partial charge >= 0.3 is 0 Å². The van der Waals surface area contributed by atoms with E-state index in [1.165, 1.54) is 11.3 Å². The molecule has 1 heterocycles. The van der Waals surface area contributed by atoms with Gasteiger partial charge in [-0.05, 0) is 30.7 Å². The third-order valence-corrected chi connectivity index (χ3v) is 5.02. The first-order valence-corrected chi connectivity index (χ1v) is 10.2. The van der Waals surface area contributed by atoms with Gasteiger partial charge in [-0.2, -0.15) is 0 Å². The predicted molar refractivity (Wildman–Crippen MR) is 119 cm³/mol. The van der Waals surface area contributed by atoms with Crippen molar-refractivity contribution in [3.8, 4) is 5.75 Å². The second-order valence-corrected chi connectivity index (χ2v) is 7.10. The molecule has 0 spiro atoms. The number of hydrogen-bond donors (Lipinski definition) is 1. The number of morpholine rings is 1. The number of nitrogens with one attached hydrogen (secondary N) is 1. The summed E-state index contributed by atoms with van der Waals surface area (Å²) in [6.07, 6.45) is 0. The minimum Gasteiger partial charge on any atom is -0.496 e. The van der Waals surface area contributed by atoms with Gasteiger partial charge < -0.3 is 24.6 Å². The van der Waals surface area contributed by atoms with Crippen LogP contribution in [-0.4, -0.2) is 57.9 Å². The highest BCUT2D eigenvalue weighted by molar-refractivity contribution is 5.79. The number of guanidine groups is 1. The van der Waals surface area contributed by atoms with Crippen LogP contribution >= 0.6 is 0 Å². The summed E-state index contributed by atoms with van der Waals surface area (Å²) in [4.78, 5) is 9.33. The smallest absolute Gasteiger partial charge is 0.194 e. The van der Waals surface area contributed by atoms with Crippen LogP contribution < -0.4 is 15.0 Å². The Balaban J connectivity index is 1.65. The van der Waals surface area contributed by atoms with Crippen molar-refractivity contribution in [3.63, 3.8) is 0 Å². The third-order valence-electron chi connectivity index (χ3n) is 5.02. The van der Waals surface area contributed by atoms with Gasteiger partial charge in [0.25, 0.3) is 0 Å². The molecule has 1 aliphatic heterocycles. The summed E-state index contributed by atoms with van der Waals surface area (Å²) in [7, 11) is 3.76. The molecule has 6 heteroatoms. The summed E-state index contributed by atoms with van der Waals surface area (Å²) < 4.78 is 10.9. The Labute approximate surface area is 174 Å². The van der Waals surface area contributed by atoms with Crippen LogP contribution in [0.4, 0.5) is 5.69 Å². The Morgan fingerprint density at radius 3 is 2.55 bits per heavy atom. The molecule has 156 valence electrons. The summed E-state index contributed by atoms with van der Waals surface area (Å²) in [6, 6.07) is 16.8. The maximum absolute atomic E-state index is 5.48. The lowest BCUT2D eigenvalue weighted by Gasteiger charge is -2.28. The number of ether oxygens (including phenoxy) is 2. The zero-order chi connectivity index (χ0) is 20.5. The fourth-order valence-electron chi connectivity index (χ4n) is 3.43. The van der Waals surface area contributed by atoms with Gasteiger partial charge in [-0.15, -0.1) is 0 Å².